The van der Waals surface area contributed by atoms with Crippen molar-refractivity contribution < 1.29 is 27.5 Å². The normalized spacial score (nSPS) is 22.8. The van der Waals surface area contributed by atoms with Gasteiger partial charge in [-0.2, -0.15) is 17.6 Å². The maximum atomic E-state index is 13.0. The Kier molecular flexibility index (Phi) is 2.70. The fraction of sp³-hybridized carbons (Fsp3) is 0.222. The number of hydrogen-bond acceptors (Lipinski definition) is 1. The van der Waals surface area contributed by atoms with E-state index < -0.39 is 23.4 Å². The summed E-state index contributed by atoms with van der Waals surface area (Å²) >= 11 is 0. The first kappa shape index (κ1) is 11.5. The van der Waals surface area contributed by atoms with Crippen LogP contribution in [-0.2, 0) is 4.79 Å². The van der Waals surface area contributed by atoms with E-state index in [0.29, 0.717) is 12.2 Å². The van der Waals surface area contributed by atoms with Gasteiger partial charge in [0.15, 0.2) is 0 Å². The van der Waals surface area contributed by atoms with Crippen molar-refractivity contribution in [2.45, 2.75) is 11.8 Å². The first-order valence-electron chi connectivity index (χ1n) is 3.84. The second-order valence-corrected chi connectivity index (χ2v) is 2.85. The first-order valence-corrected chi connectivity index (χ1v) is 3.84. The van der Waals surface area contributed by atoms with Gasteiger partial charge in [0.25, 0.3) is 0 Å². The number of carboxylic acids is 1. The van der Waals surface area contributed by atoms with Crippen molar-refractivity contribution in [3.05, 3.63) is 36.0 Å². The molecule has 1 aliphatic carbocycles. The minimum absolute atomic E-state index is 0.0745. The van der Waals surface area contributed by atoms with Crippen molar-refractivity contribution in [3.63, 3.8) is 0 Å². The van der Waals surface area contributed by atoms with E-state index in [1.165, 1.54) is 0 Å². The summed E-state index contributed by atoms with van der Waals surface area (Å²) in [4.78, 5) is 10.0. The highest BCUT2D eigenvalue weighted by Crippen LogP contribution is 2.43. The molecule has 6 heteroatoms. The second kappa shape index (κ2) is 3.52. The Labute approximate surface area is 82.2 Å². The van der Waals surface area contributed by atoms with E-state index in [9.17, 15) is 22.4 Å². The quantitative estimate of drug-likeness (QED) is 0.575. The maximum absolute atomic E-state index is 13.0. The fourth-order valence-corrected chi connectivity index (χ4v) is 0.996. The third-order valence-electron chi connectivity index (χ3n) is 1.77. The van der Waals surface area contributed by atoms with E-state index in [0.717, 1.165) is 12.2 Å². The van der Waals surface area contributed by atoms with Gasteiger partial charge >= 0.3 is 17.8 Å². The zero-order chi connectivity index (χ0) is 11.7. The van der Waals surface area contributed by atoms with Gasteiger partial charge in [-0.15, -0.1) is 0 Å². The zero-order valence-corrected chi connectivity index (χ0v) is 7.25. The topological polar surface area (TPSA) is 37.3 Å². The van der Waals surface area contributed by atoms with Crippen LogP contribution in [0.1, 0.15) is 0 Å². The number of rotatable bonds is 2. The molecule has 0 aromatic rings. The number of allylic oxidation sites excluding steroid dienone is 5. The molecular formula is C9H6F4O2. The van der Waals surface area contributed by atoms with E-state index in [4.69, 9.17) is 5.11 Å². The fourth-order valence-electron chi connectivity index (χ4n) is 0.996. The largest absolute Gasteiger partial charge is 0.478 e. The lowest BCUT2D eigenvalue weighted by Gasteiger charge is -2.27. The van der Waals surface area contributed by atoms with Crippen molar-refractivity contribution in [2.24, 2.45) is 0 Å². The molecular weight excluding hydrogens is 216 g/mol. The second-order valence-electron chi connectivity index (χ2n) is 2.85. The Hall–Kier alpha value is -1.59. The number of carboxylic acid groups (broad SMARTS) is 1. The molecule has 0 saturated heterocycles. The Bertz CT molecular complexity index is 366. The third kappa shape index (κ3) is 2.08. The molecule has 2 nitrogen and oxygen atoms in total. The third-order valence-corrected chi connectivity index (χ3v) is 1.77. The molecule has 1 rings (SSSR count). The van der Waals surface area contributed by atoms with Crippen LogP contribution in [0.2, 0.25) is 0 Å². The van der Waals surface area contributed by atoms with E-state index in [-0.39, 0.29) is 6.08 Å². The summed E-state index contributed by atoms with van der Waals surface area (Å²) in [5.41, 5.74) is -1.03. The molecule has 0 aromatic heterocycles. The molecule has 0 radical (unpaired) electrons. The Morgan fingerprint density at radius 1 is 1.33 bits per heavy atom. The van der Waals surface area contributed by atoms with Crippen LogP contribution < -0.4 is 0 Å². The monoisotopic (exact) mass is 222 g/mol. The van der Waals surface area contributed by atoms with Crippen molar-refractivity contribution >= 4 is 5.97 Å². The highest BCUT2D eigenvalue weighted by Gasteiger charge is 2.57. The predicted molar refractivity (Wildman–Crippen MR) is 43.9 cm³/mol. The molecule has 0 unspecified atom stereocenters. The minimum atomic E-state index is -4.38. The molecule has 0 bridgehead atoms. The van der Waals surface area contributed by atoms with Crippen molar-refractivity contribution in [3.8, 4) is 0 Å². The van der Waals surface area contributed by atoms with Crippen LogP contribution in [-0.4, -0.2) is 22.9 Å². The maximum Gasteiger partial charge on any atom is 0.339 e. The molecule has 0 saturated carbocycles. The SMILES string of the molecule is O=C(O)C=CC1=CC=CC(F)(F)C1(F)F. The van der Waals surface area contributed by atoms with Gasteiger partial charge < -0.3 is 5.11 Å². The Morgan fingerprint density at radius 3 is 2.47 bits per heavy atom. The highest BCUT2D eigenvalue weighted by molar-refractivity contribution is 5.80. The first-order chi connectivity index (χ1) is 6.77. The molecule has 0 aliphatic heterocycles. The molecule has 0 fully saturated rings. The summed E-state index contributed by atoms with van der Waals surface area (Å²) in [6, 6.07) is 0. The smallest absolute Gasteiger partial charge is 0.339 e. The molecule has 0 aromatic carbocycles. The summed E-state index contributed by atoms with van der Waals surface area (Å²) in [5, 5.41) is 8.18. The summed E-state index contributed by atoms with van der Waals surface area (Å²) in [6.07, 6.45) is 2.43. The number of halogens is 4. The molecule has 0 spiro atoms. The molecule has 0 heterocycles. The lowest BCUT2D eigenvalue weighted by Crippen LogP contribution is -2.41. The molecule has 0 atom stereocenters. The number of aliphatic carboxylic acids is 1. The van der Waals surface area contributed by atoms with Gasteiger partial charge in [-0.25, -0.2) is 4.79 Å². The minimum Gasteiger partial charge on any atom is -0.478 e. The molecule has 1 N–H and O–H groups in total. The van der Waals surface area contributed by atoms with Crippen LogP contribution in [0.25, 0.3) is 0 Å². The van der Waals surface area contributed by atoms with Crippen LogP contribution >= 0.6 is 0 Å². The standard InChI is InChI=1S/C9H6F4O2/c10-8(11)5-1-2-6(9(8,12)13)3-4-7(14)15/h1-5H,(H,14,15). The zero-order valence-electron chi connectivity index (χ0n) is 7.25. The molecule has 82 valence electrons. The van der Waals surface area contributed by atoms with Crippen LogP contribution in [0.15, 0.2) is 36.0 Å². The van der Waals surface area contributed by atoms with E-state index in [2.05, 4.69) is 0 Å². The van der Waals surface area contributed by atoms with E-state index >= 15 is 0 Å². The van der Waals surface area contributed by atoms with Crippen molar-refractivity contribution in [2.75, 3.05) is 0 Å². The van der Waals surface area contributed by atoms with Crippen LogP contribution in [0.3, 0.4) is 0 Å². The van der Waals surface area contributed by atoms with E-state index in [1.807, 2.05) is 0 Å². The van der Waals surface area contributed by atoms with Crippen LogP contribution in [0, 0.1) is 0 Å². The molecule has 15 heavy (non-hydrogen) atoms. The van der Waals surface area contributed by atoms with Gasteiger partial charge in [-0.1, -0.05) is 12.2 Å². The van der Waals surface area contributed by atoms with Crippen molar-refractivity contribution in [1.82, 2.24) is 0 Å². The van der Waals surface area contributed by atoms with Crippen LogP contribution in [0.4, 0.5) is 17.6 Å². The summed E-state index contributed by atoms with van der Waals surface area (Å²) in [6.45, 7) is 0. The Balaban J connectivity index is 3.05. The lowest BCUT2D eigenvalue weighted by molar-refractivity contribution is -0.153. The predicted octanol–water partition coefficient (Wildman–Crippen LogP) is 2.39. The lowest BCUT2D eigenvalue weighted by atomic mass is 9.96. The molecule has 1 aliphatic rings. The van der Waals surface area contributed by atoms with Gasteiger partial charge in [0, 0.05) is 11.6 Å². The van der Waals surface area contributed by atoms with Crippen molar-refractivity contribution in [1.29, 1.82) is 0 Å². The molecule has 0 amide bonds. The highest BCUT2D eigenvalue weighted by atomic mass is 19.3. The summed E-state index contributed by atoms with van der Waals surface area (Å²) in [7, 11) is 0. The van der Waals surface area contributed by atoms with Gasteiger partial charge in [-0.3, -0.25) is 0 Å². The van der Waals surface area contributed by atoms with E-state index in [1.54, 1.807) is 0 Å². The summed E-state index contributed by atoms with van der Waals surface area (Å²) in [5.74, 6) is -10.2. The van der Waals surface area contributed by atoms with Gasteiger partial charge in [0.1, 0.15) is 0 Å². The van der Waals surface area contributed by atoms with Gasteiger partial charge in [0.05, 0.1) is 0 Å². The van der Waals surface area contributed by atoms with Gasteiger partial charge in [0.2, 0.25) is 0 Å². The average Bonchev–Trinajstić information content (AvgIpc) is 2.07. The number of hydrogen-bond donors (Lipinski definition) is 1. The number of carbonyl (C=O) groups is 1. The Morgan fingerprint density at radius 2 is 1.93 bits per heavy atom. The van der Waals surface area contributed by atoms with Gasteiger partial charge in [-0.05, 0) is 12.2 Å². The summed E-state index contributed by atoms with van der Waals surface area (Å²) < 4.78 is 51.4. The number of alkyl halides is 4. The average molecular weight is 222 g/mol. The van der Waals surface area contributed by atoms with Crippen LogP contribution in [0.5, 0.6) is 0 Å².